The number of methoxy groups -OCH3 is 1. The number of esters is 2. The third-order valence-electron chi connectivity index (χ3n) is 6.68. The van der Waals surface area contributed by atoms with Gasteiger partial charge in [0.05, 0.1) is 18.8 Å². The molecule has 0 bridgehead atoms. The van der Waals surface area contributed by atoms with Crippen LogP contribution in [0.15, 0.2) is 30.3 Å². The van der Waals surface area contributed by atoms with Crippen molar-refractivity contribution in [3.05, 3.63) is 35.9 Å². The maximum atomic E-state index is 13.7. The molecule has 0 aromatic heterocycles. The first kappa shape index (κ1) is 25.5. The first-order valence-corrected chi connectivity index (χ1v) is 14.0. The molecule has 1 aromatic rings. The highest BCUT2D eigenvalue weighted by Gasteiger charge is 2.66. The van der Waals surface area contributed by atoms with Crippen LogP contribution in [-0.4, -0.2) is 62.8 Å². The summed E-state index contributed by atoms with van der Waals surface area (Å²) in [6.07, 6.45) is -2.83. The number of fused-ring (bicyclic) bond motifs is 1. The lowest BCUT2D eigenvalue weighted by Crippen LogP contribution is -2.66. The highest BCUT2D eigenvalue weighted by atomic mass is 28.4. The van der Waals surface area contributed by atoms with Crippen molar-refractivity contribution in [1.29, 1.82) is 0 Å². The lowest BCUT2D eigenvalue weighted by Gasteiger charge is -2.46. The fourth-order valence-corrected chi connectivity index (χ4v) is 5.26. The number of benzene rings is 1. The number of carbonyl (C=O) groups excluding carboxylic acids is 3. The minimum absolute atomic E-state index is 0.145. The lowest BCUT2D eigenvalue weighted by molar-refractivity contribution is -0.184. The minimum atomic E-state index is -2.37. The molecule has 0 radical (unpaired) electrons. The molecule has 1 aliphatic carbocycles. The number of ketones is 1. The number of carbonyl (C=O) groups is 3. The topological polar surface area (TPSA) is 97.4 Å². The summed E-state index contributed by atoms with van der Waals surface area (Å²) in [5, 5.41) is -0.145. The van der Waals surface area contributed by atoms with Gasteiger partial charge in [-0.3, -0.25) is 4.79 Å². The molecule has 0 N–H and O–H groups in total. The van der Waals surface area contributed by atoms with Crippen molar-refractivity contribution < 1.29 is 37.8 Å². The van der Waals surface area contributed by atoms with Crippen LogP contribution >= 0.6 is 0 Å². The van der Waals surface area contributed by atoms with Crippen molar-refractivity contribution in [1.82, 2.24) is 0 Å². The van der Waals surface area contributed by atoms with E-state index >= 15 is 0 Å². The van der Waals surface area contributed by atoms with Gasteiger partial charge in [0, 0.05) is 6.42 Å². The molecule has 2 aliphatic rings. The van der Waals surface area contributed by atoms with Crippen LogP contribution in [0.3, 0.4) is 0 Å². The summed E-state index contributed by atoms with van der Waals surface area (Å²) < 4.78 is 29.2. The highest BCUT2D eigenvalue weighted by molar-refractivity contribution is 6.74. The molecule has 1 aromatic carbocycles. The fourth-order valence-electron chi connectivity index (χ4n) is 3.93. The zero-order valence-corrected chi connectivity index (χ0v) is 21.6. The maximum absolute atomic E-state index is 13.7. The Morgan fingerprint density at radius 2 is 1.70 bits per heavy atom. The Bertz CT molecular complexity index is 920. The Kier molecular flexibility index (Phi) is 6.67. The molecule has 3 rings (SSSR count). The predicted molar refractivity (Wildman–Crippen MR) is 122 cm³/mol. The Morgan fingerprint density at radius 1 is 1.09 bits per heavy atom. The summed E-state index contributed by atoms with van der Waals surface area (Å²) in [7, 11) is -1.22. The molecule has 1 saturated heterocycles. The summed E-state index contributed by atoms with van der Waals surface area (Å²) in [5.41, 5.74) is -2.00. The standard InChI is InChI=1S/C24H34O8Si/c1-22(2,3)33(7,8)32-16-14-24(21(27)28-6,31-20(26)15-12-10-9-11-13-15)19(25)18-17(16)29-23(4,5)30-18/h9-13,16-18H,14H2,1-8H3. The van der Waals surface area contributed by atoms with Crippen molar-refractivity contribution in [3.8, 4) is 0 Å². The summed E-state index contributed by atoms with van der Waals surface area (Å²) in [5.74, 6) is -3.55. The molecule has 4 atom stereocenters. The summed E-state index contributed by atoms with van der Waals surface area (Å²) in [4.78, 5) is 39.7. The van der Waals surface area contributed by atoms with E-state index in [1.807, 2.05) is 0 Å². The molecular weight excluding hydrogens is 444 g/mol. The van der Waals surface area contributed by atoms with Gasteiger partial charge in [-0.25, -0.2) is 9.59 Å². The van der Waals surface area contributed by atoms with Gasteiger partial charge in [-0.15, -0.1) is 0 Å². The lowest BCUT2D eigenvalue weighted by atomic mass is 9.78. The second-order valence-electron chi connectivity index (χ2n) is 10.6. The van der Waals surface area contributed by atoms with E-state index in [-0.39, 0.29) is 17.0 Å². The van der Waals surface area contributed by atoms with Crippen molar-refractivity contribution in [2.24, 2.45) is 0 Å². The molecule has 4 unspecified atom stereocenters. The predicted octanol–water partition coefficient (Wildman–Crippen LogP) is 3.64. The molecule has 1 saturated carbocycles. The van der Waals surface area contributed by atoms with Crippen LogP contribution in [0, 0.1) is 0 Å². The van der Waals surface area contributed by atoms with Crippen molar-refractivity contribution in [3.63, 3.8) is 0 Å². The van der Waals surface area contributed by atoms with Crippen LogP contribution in [0.2, 0.25) is 18.1 Å². The summed E-state index contributed by atoms with van der Waals surface area (Å²) in [6, 6.07) is 8.18. The summed E-state index contributed by atoms with van der Waals surface area (Å²) in [6.45, 7) is 13.8. The molecule has 33 heavy (non-hydrogen) atoms. The monoisotopic (exact) mass is 478 g/mol. The highest BCUT2D eigenvalue weighted by Crippen LogP contribution is 2.46. The number of Topliss-reactive ketones (excluding diaryl/α,β-unsaturated/α-hetero) is 1. The van der Waals surface area contributed by atoms with Crippen LogP contribution in [0.25, 0.3) is 0 Å². The van der Waals surface area contributed by atoms with Gasteiger partial charge in [0.25, 0.3) is 5.60 Å². The number of hydrogen-bond acceptors (Lipinski definition) is 8. The number of rotatable bonds is 5. The zero-order valence-electron chi connectivity index (χ0n) is 20.6. The van der Waals surface area contributed by atoms with Crippen LogP contribution in [-0.2, 0) is 33.0 Å². The van der Waals surface area contributed by atoms with Gasteiger partial charge in [-0.2, -0.15) is 0 Å². The van der Waals surface area contributed by atoms with Crippen LogP contribution in [0.5, 0.6) is 0 Å². The van der Waals surface area contributed by atoms with E-state index in [9.17, 15) is 14.4 Å². The Labute approximate surface area is 196 Å². The van der Waals surface area contributed by atoms with Gasteiger partial charge >= 0.3 is 11.9 Å². The van der Waals surface area contributed by atoms with Gasteiger partial charge in [0.1, 0.15) is 6.10 Å². The van der Waals surface area contributed by atoms with E-state index in [0.717, 1.165) is 7.11 Å². The van der Waals surface area contributed by atoms with Crippen molar-refractivity contribution in [2.45, 2.75) is 88.9 Å². The van der Waals surface area contributed by atoms with E-state index < -0.39 is 55.7 Å². The SMILES string of the molecule is COC(=O)C1(OC(=O)c2ccccc2)CC(O[Si](C)(C)C(C)(C)C)C2OC(C)(C)OC2C1=O. The van der Waals surface area contributed by atoms with Crippen LogP contribution < -0.4 is 0 Å². The van der Waals surface area contributed by atoms with E-state index in [0.29, 0.717) is 0 Å². The third kappa shape index (κ3) is 4.77. The average molecular weight is 479 g/mol. The van der Waals surface area contributed by atoms with Crippen LogP contribution in [0.4, 0.5) is 0 Å². The molecule has 0 spiro atoms. The fraction of sp³-hybridized carbons (Fsp3) is 0.625. The van der Waals surface area contributed by atoms with Gasteiger partial charge in [-0.1, -0.05) is 39.0 Å². The first-order chi connectivity index (χ1) is 15.1. The number of hydrogen-bond donors (Lipinski definition) is 0. The Balaban J connectivity index is 2.06. The molecule has 1 aliphatic heterocycles. The minimum Gasteiger partial charge on any atom is -0.466 e. The van der Waals surface area contributed by atoms with E-state index in [1.54, 1.807) is 44.2 Å². The molecule has 182 valence electrons. The van der Waals surface area contributed by atoms with Gasteiger partial charge in [-0.05, 0) is 44.1 Å². The second kappa shape index (κ2) is 8.61. The van der Waals surface area contributed by atoms with E-state index in [4.69, 9.17) is 23.4 Å². The molecule has 2 fully saturated rings. The van der Waals surface area contributed by atoms with E-state index in [2.05, 4.69) is 33.9 Å². The molecule has 8 nitrogen and oxygen atoms in total. The summed E-state index contributed by atoms with van der Waals surface area (Å²) >= 11 is 0. The Morgan fingerprint density at radius 3 is 2.24 bits per heavy atom. The quantitative estimate of drug-likeness (QED) is 0.359. The van der Waals surface area contributed by atoms with Crippen LogP contribution in [0.1, 0.15) is 51.4 Å². The van der Waals surface area contributed by atoms with Gasteiger partial charge in [0.2, 0.25) is 5.78 Å². The van der Waals surface area contributed by atoms with Gasteiger partial charge < -0.3 is 23.4 Å². The maximum Gasteiger partial charge on any atom is 0.358 e. The smallest absolute Gasteiger partial charge is 0.358 e. The first-order valence-electron chi connectivity index (χ1n) is 11.1. The number of ether oxygens (including phenoxy) is 4. The Hall–Kier alpha value is -2.07. The molecule has 1 heterocycles. The van der Waals surface area contributed by atoms with Crippen molar-refractivity contribution >= 4 is 26.0 Å². The normalized spacial score (nSPS) is 29.3. The molecule has 9 heteroatoms. The average Bonchev–Trinajstić information content (AvgIpc) is 3.06. The molecule has 0 amide bonds. The zero-order chi connectivity index (χ0) is 24.8. The van der Waals surface area contributed by atoms with Crippen molar-refractivity contribution in [2.75, 3.05) is 7.11 Å². The van der Waals surface area contributed by atoms with E-state index in [1.165, 1.54) is 0 Å². The molecular formula is C24H34O8Si. The largest absolute Gasteiger partial charge is 0.466 e. The van der Waals surface area contributed by atoms with Gasteiger partial charge in [0.15, 0.2) is 20.2 Å². The third-order valence-corrected chi connectivity index (χ3v) is 11.2. The second-order valence-corrected chi connectivity index (χ2v) is 15.3.